The molecule has 0 aliphatic carbocycles. The summed E-state index contributed by atoms with van der Waals surface area (Å²) >= 11 is 0. The zero-order chi connectivity index (χ0) is 12.4. The molecule has 0 amide bonds. The molecule has 0 unspecified atom stereocenters. The van der Waals surface area contributed by atoms with Crippen LogP contribution in [0.1, 0.15) is 5.56 Å². The molecule has 88 valence electrons. The fourth-order valence-corrected chi connectivity index (χ4v) is 1.94. The van der Waals surface area contributed by atoms with Crippen molar-refractivity contribution in [1.82, 2.24) is 14.5 Å². The Balaban J connectivity index is 2.03. The SMILES string of the molecule is Cc1cccnc1-n1cnc(-c2ccccc2)c1. The predicted molar refractivity (Wildman–Crippen MR) is 71.5 cm³/mol. The van der Waals surface area contributed by atoms with Gasteiger partial charge < -0.3 is 0 Å². The van der Waals surface area contributed by atoms with Crippen LogP contribution in [-0.4, -0.2) is 14.5 Å². The number of benzene rings is 1. The molecule has 1 aromatic carbocycles. The summed E-state index contributed by atoms with van der Waals surface area (Å²) in [6.45, 7) is 2.05. The highest BCUT2D eigenvalue weighted by Crippen LogP contribution is 2.18. The Morgan fingerprint density at radius 2 is 1.78 bits per heavy atom. The standard InChI is InChI=1S/C15H13N3/c1-12-6-5-9-16-15(12)18-10-14(17-11-18)13-7-3-2-4-8-13/h2-11H,1H3. The van der Waals surface area contributed by atoms with Crippen LogP contribution in [0.15, 0.2) is 61.2 Å². The van der Waals surface area contributed by atoms with E-state index in [-0.39, 0.29) is 0 Å². The molecular formula is C15H13N3. The number of aryl methyl sites for hydroxylation is 1. The molecule has 0 spiro atoms. The minimum Gasteiger partial charge on any atom is -0.290 e. The fraction of sp³-hybridized carbons (Fsp3) is 0.0667. The second kappa shape index (κ2) is 4.45. The van der Waals surface area contributed by atoms with Gasteiger partial charge in [-0.25, -0.2) is 9.97 Å². The van der Waals surface area contributed by atoms with Gasteiger partial charge in [0.1, 0.15) is 12.1 Å². The molecule has 0 radical (unpaired) electrons. The Hall–Kier alpha value is -2.42. The lowest BCUT2D eigenvalue weighted by atomic mass is 10.2. The predicted octanol–water partition coefficient (Wildman–Crippen LogP) is 3.24. The Kier molecular flexibility index (Phi) is 2.65. The van der Waals surface area contributed by atoms with Crippen molar-refractivity contribution in [2.75, 3.05) is 0 Å². The highest BCUT2D eigenvalue weighted by molar-refractivity contribution is 5.58. The molecule has 0 saturated carbocycles. The lowest BCUT2D eigenvalue weighted by Crippen LogP contribution is -1.96. The first kappa shape index (κ1) is 10.7. The van der Waals surface area contributed by atoms with Crippen LogP contribution in [0.4, 0.5) is 0 Å². The van der Waals surface area contributed by atoms with Crippen molar-refractivity contribution in [3.63, 3.8) is 0 Å². The Morgan fingerprint density at radius 1 is 0.944 bits per heavy atom. The average Bonchev–Trinajstić information content (AvgIpc) is 2.90. The van der Waals surface area contributed by atoms with Gasteiger partial charge in [-0.05, 0) is 18.6 Å². The first-order valence-corrected chi connectivity index (χ1v) is 5.86. The zero-order valence-electron chi connectivity index (χ0n) is 10.1. The Morgan fingerprint density at radius 3 is 2.56 bits per heavy atom. The summed E-state index contributed by atoms with van der Waals surface area (Å²) in [7, 11) is 0. The second-order valence-corrected chi connectivity index (χ2v) is 4.18. The molecule has 2 heterocycles. The molecule has 0 fully saturated rings. The summed E-state index contributed by atoms with van der Waals surface area (Å²) in [6.07, 6.45) is 5.60. The van der Waals surface area contributed by atoms with E-state index in [2.05, 4.69) is 22.1 Å². The molecule has 3 aromatic rings. The van der Waals surface area contributed by atoms with Crippen molar-refractivity contribution in [1.29, 1.82) is 0 Å². The van der Waals surface area contributed by atoms with E-state index < -0.39 is 0 Å². The third-order valence-electron chi connectivity index (χ3n) is 2.88. The maximum Gasteiger partial charge on any atom is 0.140 e. The number of nitrogens with zero attached hydrogens (tertiary/aromatic N) is 3. The summed E-state index contributed by atoms with van der Waals surface area (Å²) < 4.78 is 1.96. The average molecular weight is 235 g/mol. The summed E-state index contributed by atoms with van der Waals surface area (Å²) in [5.74, 6) is 0.923. The van der Waals surface area contributed by atoms with Gasteiger partial charge in [0.05, 0.1) is 5.69 Å². The second-order valence-electron chi connectivity index (χ2n) is 4.18. The zero-order valence-corrected chi connectivity index (χ0v) is 10.1. The van der Waals surface area contributed by atoms with Crippen LogP contribution in [0, 0.1) is 6.92 Å². The van der Waals surface area contributed by atoms with Crippen LogP contribution >= 0.6 is 0 Å². The van der Waals surface area contributed by atoms with Crippen LogP contribution in [0.25, 0.3) is 17.1 Å². The molecule has 0 saturated heterocycles. The number of imidazole rings is 1. The van der Waals surface area contributed by atoms with Gasteiger partial charge in [0.25, 0.3) is 0 Å². The normalized spacial score (nSPS) is 10.5. The van der Waals surface area contributed by atoms with E-state index in [1.807, 2.05) is 48.0 Å². The summed E-state index contributed by atoms with van der Waals surface area (Å²) in [4.78, 5) is 8.81. The molecule has 0 aliphatic rings. The van der Waals surface area contributed by atoms with Crippen LogP contribution < -0.4 is 0 Å². The van der Waals surface area contributed by atoms with E-state index in [0.29, 0.717) is 0 Å². The quantitative estimate of drug-likeness (QED) is 0.682. The first-order chi connectivity index (χ1) is 8.84. The monoisotopic (exact) mass is 235 g/mol. The number of aromatic nitrogens is 3. The summed E-state index contributed by atoms with van der Waals surface area (Å²) in [6, 6.07) is 14.1. The molecule has 0 atom stereocenters. The molecule has 3 nitrogen and oxygen atoms in total. The molecule has 0 aliphatic heterocycles. The number of hydrogen-bond donors (Lipinski definition) is 0. The van der Waals surface area contributed by atoms with Gasteiger partial charge in [-0.15, -0.1) is 0 Å². The molecule has 0 N–H and O–H groups in total. The van der Waals surface area contributed by atoms with Crippen molar-refractivity contribution in [2.24, 2.45) is 0 Å². The highest BCUT2D eigenvalue weighted by atomic mass is 15.1. The molecule has 18 heavy (non-hydrogen) atoms. The Labute approximate surface area is 106 Å². The summed E-state index contributed by atoms with van der Waals surface area (Å²) in [5, 5.41) is 0. The third kappa shape index (κ3) is 1.91. The minimum absolute atomic E-state index is 0.923. The summed E-state index contributed by atoms with van der Waals surface area (Å²) in [5.41, 5.74) is 3.21. The van der Waals surface area contributed by atoms with Crippen LogP contribution in [0.5, 0.6) is 0 Å². The molecule has 3 heteroatoms. The van der Waals surface area contributed by atoms with Crippen LogP contribution in [-0.2, 0) is 0 Å². The molecular weight excluding hydrogens is 222 g/mol. The maximum atomic E-state index is 4.43. The topological polar surface area (TPSA) is 30.7 Å². The number of pyridine rings is 1. The smallest absolute Gasteiger partial charge is 0.140 e. The van der Waals surface area contributed by atoms with Crippen molar-refractivity contribution in [2.45, 2.75) is 6.92 Å². The minimum atomic E-state index is 0.923. The largest absolute Gasteiger partial charge is 0.290 e. The van der Waals surface area contributed by atoms with Gasteiger partial charge >= 0.3 is 0 Å². The van der Waals surface area contributed by atoms with Gasteiger partial charge in [-0.1, -0.05) is 36.4 Å². The lowest BCUT2D eigenvalue weighted by molar-refractivity contribution is 0.975. The molecule has 0 bridgehead atoms. The van der Waals surface area contributed by atoms with E-state index in [0.717, 1.165) is 22.6 Å². The van der Waals surface area contributed by atoms with E-state index in [1.54, 1.807) is 12.5 Å². The molecule has 2 aromatic heterocycles. The van der Waals surface area contributed by atoms with Gasteiger partial charge in [0, 0.05) is 18.0 Å². The van der Waals surface area contributed by atoms with Crippen molar-refractivity contribution in [3.8, 4) is 17.1 Å². The number of hydrogen-bond acceptors (Lipinski definition) is 2. The third-order valence-corrected chi connectivity index (χ3v) is 2.88. The van der Waals surface area contributed by atoms with E-state index in [9.17, 15) is 0 Å². The van der Waals surface area contributed by atoms with Gasteiger partial charge in [-0.3, -0.25) is 4.57 Å². The first-order valence-electron chi connectivity index (χ1n) is 5.86. The fourth-order valence-electron chi connectivity index (χ4n) is 1.94. The van der Waals surface area contributed by atoms with E-state index in [1.165, 1.54) is 0 Å². The van der Waals surface area contributed by atoms with Crippen molar-refractivity contribution >= 4 is 0 Å². The van der Waals surface area contributed by atoms with E-state index in [4.69, 9.17) is 0 Å². The Bertz CT molecular complexity index is 656. The van der Waals surface area contributed by atoms with Crippen molar-refractivity contribution in [3.05, 3.63) is 66.7 Å². The van der Waals surface area contributed by atoms with Gasteiger partial charge in [0.2, 0.25) is 0 Å². The lowest BCUT2D eigenvalue weighted by Gasteiger charge is -2.03. The molecule has 3 rings (SSSR count). The van der Waals surface area contributed by atoms with Crippen LogP contribution in [0.2, 0.25) is 0 Å². The van der Waals surface area contributed by atoms with Crippen molar-refractivity contribution < 1.29 is 0 Å². The maximum absolute atomic E-state index is 4.43. The van der Waals surface area contributed by atoms with Crippen LogP contribution in [0.3, 0.4) is 0 Å². The van der Waals surface area contributed by atoms with Gasteiger partial charge in [0.15, 0.2) is 0 Å². The number of rotatable bonds is 2. The highest BCUT2D eigenvalue weighted by Gasteiger charge is 2.05. The van der Waals surface area contributed by atoms with E-state index >= 15 is 0 Å². The van der Waals surface area contributed by atoms with Gasteiger partial charge in [-0.2, -0.15) is 0 Å².